The summed E-state index contributed by atoms with van der Waals surface area (Å²) in [6.45, 7) is 1.06. The van der Waals surface area contributed by atoms with Gasteiger partial charge in [-0.2, -0.15) is 0 Å². The highest BCUT2D eigenvalue weighted by Gasteiger charge is 2.58. The normalized spacial score (nSPS) is 20.3. The third-order valence-corrected chi connectivity index (χ3v) is 7.74. The zero-order valence-corrected chi connectivity index (χ0v) is 19.7. The minimum Gasteiger partial charge on any atom is -0.481 e. The summed E-state index contributed by atoms with van der Waals surface area (Å²) in [5.41, 5.74) is 4.36. The second kappa shape index (κ2) is 9.34. The summed E-state index contributed by atoms with van der Waals surface area (Å²) in [6, 6.07) is 16.3. The highest BCUT2D eigenvalue weighted by Crippen LogP contribution is 2.56. The first kappa shape index (κ1) is 23.4. The fraction of sp³-hybridized carbons (Fsp3) is 0.444. The Morgan fingerprint density at radius 1 is 1.09 bits per heavy atom. The van der Waals surface area contributed by atoms with Crippen molar-refractivity contribution in [1.29, 1.82) is 0 Å². The summed E-state index contributed by atoms with van der Waals surface area (Å²) >= 11 is 0. The average Bonchev–Trinajstić information content (AvgIpc) is 3.41. The van der Waals surface area contributed by atoms with E-state index >= 15 is 0 Å². The van der Waals surface area contributed by atoms with E-state index in [0.717, 1.165) is 35.1 Å². The third-order valence-electron chi connectivity index (χ3n) is 7.74. The second-order valence-electron chi connectivity index (χ2n) is 9.80. The lowest BCUT2D eigenvalue weighted by atomic mass is 9.93. The molecule has 1 saturated carbocycles. The molecule has 184 valence electrons. The first-order valence-electron chi connectivity index (χ1n) is 12.0. The summed E-state index contributed by atoms with van der Waals surface area (Å²) in [4.78, 5) is 38.4. The SMILES string of the molecule is COC(CNC(=O)OCC1c2ccccc2-c2ccccc21)CC(=O)N1CC(C(=O)O)C2(CC2)C1. The van der Waals surface area contributed by atoms with Crippen LogP contribution in [0.3, 0.4) is 0 Å². The quantitative estimate of drug-likeness (QED) is 0.604. The number of aliphatic carboxylic acids is 1. The maximum Gasteiger partial charge on any atom is 0.407 e. The van der Waals surface area contributed by atoms with Crippen molar-refractivity contribution >= 4 is 18.0 Å². The van der Waals surface area contributed by atoms with Crippen LogP contribution in [0.2, 0.25) is 0 Å². The number of nitrogens with one attached hydrogen (secondary N) is 1. The van der Waals surface area contributed by atoms with Crippen molar-refractivity contribution < 1.29 is 29.0 Å². The number of alkyl carbamates (subject to hydrolysis) is 1. The van der Waals surface area contributed by atoms with Crippen molar-refractivity contribution in [3.8, 4) is 11.1 Å². The first-order chi connectivity index (χ1) is 16.9. The van der Waals surface area contributed by atoms with Crippen LogP contribution in [0.25, 0.3) is 11.1 Å². The Balaban J connectivity index is 1.12. The predicted molar refractivity (Wildman–Crippen MR) is 128 cm³/mol. The van der Waals surface area contributed by atoms with Gasteiger partial charge in [0.2, 0.25) is 5.91 Å². The number of ether oxygens (including phenoxy) is 2. The van der Waals surface area contributed by atoms with Crippen LogP contribution in [0.5, 0.6) is 0 Å². The van der Waals surface area contributed by atoms with E-state index in [0.29, 0.717) is 6.54 Å². The molecule has 8 heteroatoms. The predicted octanol–water partition coefficient (Wildman–Crippen LogP) is 3.25. The van der Waals surface area contributed by atoms with Crippen LogP contribution in [-0.4, -0.2) is 67.4 Å². The minimum atomic E-state index is -0.835. The number of carboxylic acids is 1. The molecule has 2 aromatic carbocycles. The van der Waals surface area contributed by atoms with Crippen LogP contribution < -0.4 is 5.32 Å². The van der Waals surface area contributed by atoms with Crippen molar-refractivity contribution in [3.05, 3.63) is 59.7 Å². The van der Waals surface area contributed by atoms with E-state index in [1.165, 1.54) is 7.11 Å². The Hall–Kier alpha value is -3.39. The van der Waals surface area contributed by atoms with E-state index in [4.69, 9.17) is 9.47 Å². The van der Waals surface area contributed by atoms with Crippen LogP contribution in [-0.2, 0) is 19.1 Å². The number of carbonyl (C=O) groups excluding carboxylic acids is 2. The van der Waals surface area contributed by atoms with Crippen molar-refractivity contribution in [3.63, 3.8) is 0 Å². The Morgan fingerprint density at radius 3 is 2.26 bits per heavy atom. The van der Waals surface area contributed by atoms with E-state index in [2.05, 4.69) is 29.6 Å². The Kier molecular flexibility index (Phi) is 6.23. The fourth-order valence-corrected chi connectivity index (χ4v) is 5.58. The minimum absolute atomic E-state index is 0.0277. The van der Waals surface area contributed by atoms with Gasteiger partial charge in [0.1, 0.15) is 6.61 Å². The number of hydrogen-bond acceptors (Lipinski definition) is 5. The largest absolute Gasteiger partial charge is 0.481 e. The highest BCUT2D eigenvalue weighted by atomic mass is 16.5. The summed E-state index contributed by atoms with van der Waals surface area (Å²) in [7, 11) is 1.49. The highest BCUT2D eigenvalue weighted by molar-refractivity contribution is 5.81. The van der Waals surface area contributed by atoms with Crippen LogP contribution in [0.1, 0.15) is 36.3 Å². The summed E-state index contributed by atoms with van der Waals surface area (Å²) in [6.07, 6.45) is 0.686. The van der Waals surface area contributed by atoms with Gasteiger partial charge in [-0.3, -0.25) is 9.59 Å². The number of fused-ring (bicyclic) bond motifs is 3. The molecule has 2 aliphatic carbocycles. The van der Waals surface area contributed by atoms with Gasteiger partial charge in [0.05, 0.1) is 18.4 Å². The molecule has 1 aliphatic heterocycles. The molecule has 3 aliphatic rings. The summed E-state index contributed by atoms with van der Waals surface area (Å²) in [5.74, 6) is -1.51. The molecule has 1 saturated heterocycles. The summed E-state index contributed by atoms with van der Waals surface area (Å²) in [5, 5.41) is 12.2. The maximum absolute atomic E-state index is 12.8. The lowest BCUT2D eigenvalue weighted by molar-refractivity contribution is -0.143. The molecule has 2 aromatic rings. The number of likely N-dealkylation sites (tertiary alicyclic amines) is 1. The zero-order valence-electron chi connectivity index (χ0n) is 19.7. The number of nitrogens with zero attached hydrogens (tertiary/aromatic N) is 1. The van der Waals surface area contributed by atoms with Gasteiger partial charge in [0, 0.05) is 38.1 Å². The van der Waals surface area contributed by atoms with E-state index in [1.54, 1.807) is 4.90 Å². The molecule has 2 N–H and O–H groups in total. The number of hydrogen-bond donors (Lipinski definition) is 2. The molecule has 0 radical (unpaired) electrons. The van der Waals surface area contributed by atoms with Gasteiger partial charge < -0.3 is 24.8 Å². The molecule has 0 aromatic heterocycles. The number of benzene rings is 2. The van der Waals surface area contributed by atoms with Gasteiger partial charge in [-0.15, -0.1) is 0 Å². The van der Waals surface area contributed by atoms with Gasteiger partial charge in [-0.25, -0.2) is 4.79 Å². The monoisotopic (exact) mass is 478 g/mol. The van der Waals surface area contributed by atoms with Crippen molar-refractivity contribution in [2.75, 3.05) is 33.4 Å². The van der Waals surface area contributed by atoms with Crippen LogP contribution in [0.15, 0.2) is 48.5 Å². The summed E-state index contributed by atoms with van der Waals surface area (Å²) < 4.78 is 11.0. The number of methoxy groups -OCH3 is 1. The Labute approximate surface area is 204 Å². The molecule has 35 heavy (non-hydrogen) atoms. The topological polar surface area (TPSA) is 105 Å². The molecular weight excluding hydrogens is 448 g/mol. The lowest BCUT2D eigenvalue weighted by Gasteiger charge is -2.21. The number of carbonyl (C=O) groups is 3. The molecule has 2 atom stereocenters. The number of amides is 2. The van der Waals surface area contributed by atoms with E-state index in [-0.39, 0.29) is 43.4 Å². The van der Waals surface area contributed by atoms with Crippen LogP contribution >= 0.6 is 0 Å². The maximum atomic E-state index is 12.8. The zero-order chi connectivity index (χ0) is 24.6. The van der Waals surface area contributed by atoms with Gasteiger partial charge in [-0.1, -0.05) is 48.5 Å². The van der Waals surface area contributed by atoms with Gasteiger partial charge in [0.25, 0.3) is 0 Å². The molecular formula is C27H30N2O6. The molecule has 8 nitrogen and oxygen atoms in total. The Bertz CT molecular complexity index is 1100. The van der Waals surface area contributed by atoms with Crippen molar-refractivity contribution in [2.24, 2.45) is 11.3 Å². The Morgan fingerprint density at radius 2 is 1.71 bits per heavy atom. The van der Waals surface area contributed by atoms with Gasteiger partial charge in [-0.05, 0) is 35.1 Å². The standard InChI is InChI=1S/C27H30N2O6/c1-34-17(12-24(30)29-14-23(25(31)32)27(16-29)10-11-27)13-28-26(33)35-15-22-20-8-4-2-6-18(20)19-7-3-5-9-21(19)22/h2-9,17,22-23H,10-16H2,1H3,(H,28,33)(H,31,32). The molecule has 1 heterocycles. The molecule has 2 fully saturated rings. The average molecular weight is 479 g/mol. The molecule has 0 bridgehead atoms. The molecule has 1 spiro atoms. The van der Waals surface area contributed by atoms with Crippen LogP contribution in [0, 0.1) is 11.3 Å². The van der Waals surface area contributed by atoms with E-state index in [9.17, 15) is 19.5 Å². The number of carboxylic acid groups (broad SMARTS) is 1. The lowest BCUT2D eigenvalue weighted by Crippen LogP contribution is -2.39. The van der Waals surface area contributed by atoms with Gasteiger partial charge >= 0.3 is 12.1 Å². The third kappa shape index (κ3) is 4.50. The van der Waals surface area contributed by atoms with E-state index in [1.807, 2.05) is 24.3 Å². The van der Waals surface area contributed by atoms with Crippen molar-refractivity contribution in [2.45, 2.75) is 31.3 Å². The fourth-order valence-electron chi connectivity index (χ4n) is 5.58. The molecule has 5 rings (SSSR count). The first-order valence-corrected chi connectivity index (χ1v) is 12.0. The smallest absolute Gasteiger partial charge is 0.407 e. The number of rotatable bonds is 8. The van der Waals surface area contributed by atoms with Crippen molar-refractivity contribution in [1.82, 2.24) is 10.2 Å². The van der Waals surface area contributed by atoms with E-state index < -0.39 is 24.1 Å². The molecule has 2 unspecified atom stereocenters. The second-order valence-corrected chi connectivity index (χ2v) is 9.80. The van der Waals surface area contributed by atoms with Crippen LogP contribution in [0.4, 0.5) is 4.79 Å². The molecule has 2 amide bonds. The van der Waals surface area contributed by atoms with Gasteiger partial charge in [0.15, 0.2) is 0 Å².